The van der Waals surface area contributed by atoms with Crippen LogP contribution in [0.25, 0.3) is 5.69 Å². The number of hydrogen-bond acceptors (Lipinski definition) is 7. The zero-order valence-corrected chi connectivity index (χ0v) is 16.8. The van der Waals surface area contributed by atoms with Gasteiger partial charge in [-0.2, -0.15) is 5.10 Å². The first kappa shape index (κ1) is 20.7. The monoisotopic (exact) mass is 428 g/mol. The molecule has 162 valence electrons. The highest BCUT2D eigenvalue weighted by molar-refractivity contribution is 5.94. The molecule has 2 N–H and O–H groups in total. The van der Waals surface area contributed by atoms with Crippen LogP contribution in [0, 0.1) is 5.82 Å². The van der Waals surface area contributed by atoms with E-state index in [0.29, 0.717) is 43.1 Å². The maximum atomic E-state index is 13.7. The molecule has 3 aromatic rings. The van der Waals surface area contributed by atoms with Crippen LogP contribution in [0.5, 0.6) is 5.75 Å². The zero-order valence-electron chi connectivity index (χ0n) is 16.8. The Hall–Kier alpha value is -3.60. The molecule has 0 saturated carbocycles. The summed E-state index contributed by atoms with van der Waals surface area (Å²) in [5.74, 6) is -1.51. The number of aromatic nitrogens is 5. The van der Waals surface area contributed by atoms with E-state index in [9.17, 15) is 19.1 Å². The van der Waals surface area contributed by atoms with Gasteiger partial charge in [-0.25, -0.2) is 19.0 Å². The molecule has 1 fully saturated rings. The molecule has 2 aromatic heterocycles. The minimum absolute atomic E-state index is 0.00274. The number of ether oxygens (including phenoxy) is 1. The van der Waals surface area contributed by atoms with Gasteiger partial charge >= 0.3 is 0 Å². The van der Waals surface area contributed by atoms with Gasteiger partial charge in [-0.05, 0) is 30.5 Å². The molecule has 0 unspecified atom stereocenters. The van der Waals surface area contributed by atoms with E-state index >= 15 is 0 Å². The average Bonchev–Trinajstić information content (AvgIpc) is 3.32. The van der Waals surface area contributed by atoms with E-state index in [0.717, 1.165) is 0 Å². The van der Waals surface area contributed by atoms with Crippen molar-refractivity contribution < 1.29 is 19.0 Å². The summed E-state index contributed by atoms with van der Waals surface area (Å²) in [6.07, 6.45) is 4.06. The van der Waals surface area contributed by atoms with E-state index < -0.39 is 23.0 Å². The van der Waals surface area contributed by atoms with Crippen molar-refractivity contribution in [1.29, 1.82) is 0 Å². The van der Waals surface area contributed by atoms with Crippen molar-refractivity contribution >= 4 is 5.91 Å². The molecule has 4 rings (SSSR count). The fourth-order valence-electron chi connectivity index (χ4n) is 3.58. The Kier molecular flexibility index (Phi) is 5.76. The molecule has 0 bridgehead atoms. The number of carbonyl (C=O) groups excluding carboxylic acids is 1. The van der Waals surface area contributed by atoms with Crippen molar-refractivity contribution in [1.82, 2.24) is 29.6 Å². The Labute approximate surface area is 176 Å². The molecule has 1 amide bonds. The third-order valence-electron chi connectivity index (χ3n) is 5.26. The summed E-state index contributed by atoms with van der Waals surface area (Å²) in [6.45, 7) is 1.08. The third kappa shape index (κ3) is 4.17. The maximum absolute atomic E-state index is 13.7. The second-order valence-electron chi connectivity index (χ2n) is 7.21. The number of benzene rings is 1. The molecule has 1 saturated heterocycles. The van der Waals surface area contributed by atoms with Gasteiger partial charge in [-0.3, -0.25) is 14.2 Å². The Morgan fingerprint density at radius 2 is 2.13 bits per heavy atom. The summed E-state index contributed by atoms with van der Waals surface area (Å²) in [4.78, 5) is 33.4. The predicted octanol–water partition coefficient (Wildman–Crippen LogP) is 1.03. The second-order valence-corrected chi connectivity index (χ2v) is 7.21. The van der Waals surface area contributed by atoms with Crippen molar-refractivity contribution in [2.75, 3.05) is 13.2 Å². The molecule has 3 heterocycles. The number of nitrogens with one attached hydrogen (secondary N) is 1. The average molecular weight is 428 g/mol. The minimum Gasteiger partial charge on any atom is -0.501 e. The fraction of sp³-hybridized carbons (Fsp3) is 0.350. The van der Waals surface area contributed by atoms with Crippen LogP contribution < -0.4 is 10.9 Å². The molecule has 11 heteroatoms. The summed E-state index contributed by atoms with van der Waals surface area (Å²) < 4.78 is 21.7. The number of hydrogen-bond donors (Lipinski definition) is 2. The van der Waals surface area contributed by atoms with Crippen molar-refractivity contribution in [3.63, 3.8) is 0 Å². The maximum Gasteiger partial charge on any atom is 0.296 e. The summed E-state index contributed by atoms with van der Waals surface area (Å²) in [6, 6.07) is 4.05. The lowest BCUT2D eigenvalue weighted by atomic mass is 9.99. The van der Waals surface area contributed by atoms with E-state index in [1.807, 2.05) is 0 Å². The summed E-state index contributed by atoms with van der Waals surface area (Å²) >= 11 is 0. The number of halogens is 1. The molecule has 0 aliphatic carbocycles. The van der Waals surface area contributed by atoms with Gasteiger partial charge in [-0.15, -0.1) is 0 Å². The van der Waals surface area contributed by atoms with E-state index in [1.54, 1.807) is 0 Å². The van der Waals surface area contributed by atoms with Crippen LogP contribution in [0.15, 0.2) is 35.6 Å². The summed E-state index contributed by atoms with van der Waals surface area (Å²) in [5.41, 5.74) is -0.0594. The van der Waals surface area contributed by atoms with E-state index in [4.69, 9.17) is 4.74 Å². The van der Waals surface area contributed by atoms with Gasteiger partial charge in [0.1, 0.15) is 24.3 Å². The third-order valence-corrected chi connectivity index (χ3v) is 5.26. The first-order valence-electron chi connectivity index (χ1n) is 9.75. The van der Waals surface area contributed by atoms with Gasteiger partial charge in [0.2, 0.25) is 5.75 Å². The first-order valence-corrected chi connectivity index (χ1v) is 9.75. The molecule has 0 radical (unpaired) electrons. The molecule has 31 heavy (non-hydrogen) atoms. The highest BCUT2D eigenvalue weighted by Gasteiger charge is 2.26. The lowest BCUT2D eigenvalue weighted by Crippen LogP contribution is -2.32. The SMILES string of the molecule is Cn1c(C2CCOCC2)nc(C(=O)NCc2ccc(F)cc2-n2cncn2)c(O)c1=O. The van der Waals surface area contributed by atoms with Crippen molar-refractivity contribution in [3.8, 4) is 11.4 Å². The molecule has 10 nitrogen and oxygen atoms in total. The number of carbonyl (C=O) groups is 1. The summed E-state index contributed by atoms with van der Waals surface area (Å²) in [5, 5.41) is 16.9. The van der Waals surface area contributed by atoms with Crippen LogP contribution >= 0.6 is 0 Å². The highest BCUT2D eigenvalue weighted by Crippen LogP contribution is 2.26. The van der Waals surface area contributed by atoms with Crippen LogP contribution in [-0.2, 0) is 18.3 Å². The molecule has 0 atom stereocenters. The van der Waals surface area contributed by atoms with E-state index in [-0.39, 0.29) is 18.2 Å². The Bertz CT molecular complexity index is 1160. The van der Waals surface area contributed by atoms with Gasteiger partial charge in [0.15, 0.2) is 5.69 Å². The van der Waals surface area contributed by atoms with Gasteiger partial charge in [-0.1, -0.05) is 6.07 Å². The molecule has 1 aliphatic heterocycles. The van der Waals surface area contributed by atoms with Crippen LogP contribution in [0.3, 0.4) is 0 Å². The smallest absolute Gasteiger partial charge is 0.296 e. The lowest BCUT2D eigenvalue weighted by Gasteiger charge is -2.23. The van der Waals surface area contributed by atoms with Crippen LogP contribution in [-0.4, -0.2) is 48.5 Å². The van der Waals surface area contributed by atoms with Gasteiger partial charge < -0.3 is 15.2 Å². The van der Waals surface area contributed by atoms with Crippen molar-refractivity contribution in [2.45, 2.75) is 25.3 Å². The standard InChI is InChI=1S/C20H21FN6O4/c1-26-18(12-4-6-31-7-5-12)25-16(17(28)20(26)30)19(29)23-9-13-2-3-14(21)8-15(13)27-11-22-10-24-27/h2-3,8,10-12,28H,4-7,9H2,1H3,(H,23,29). The molecular weight excluding hydrogens is 407 g/mol. The predicted molar refractivity (Wildman–Crippen MR) is 106 cm³/mol. The minimum atomic E-state index is -0.716. The van der Waals surface area contributed by atoms with Gasteiger partial charge in [0, 0.05) is 32.7 Å². The molecule has 0 spiro atoms. The van der Waals surface area contributed by atoms with Crippen LogP contribution in [0.4, 0.5) is 4.39 Å². The van der Waals surface area contributed by atoms with Crippen molar-refractivity contribution in [2.24, 2.45) is 7.05 Å². The first-order chi connectivity index (χ1) is 15.0. The molecule has 1 aromatic carbocycles. The zero-order chi connectivity index (χ0) is 22.0. The Balaban J connectivity index is 1.60. The van der Waals surface area contributed by atoms with E-state index in [1.165, 1.54) is 47.2 Å². The largest absolute Gasteiger partial charge is 0.501 e. The van der Waals surface area contributed by atoms with Gasteiger partial charge in [0.25, 0.3) is 11.5 Å². The summed E-state index contributed by atoms with van der Waals surface area (Å²) in [7, 11) is 1.52. The van der Waals surface area contributed by atoms with Crippen LogP contribution in [0.1, 0.15) is 40.6 Å². The normalized spacial score (nSPS) is 14.5. The second kappa shape index (κ2) is 8.64. The quantitative estimate of drug-likeness (QED) is 0.622. The van der Waals surface area contributed by atoms with Crippen molar-refractivity contribution in [3.05, 3.63) is 64.1 Å². The molecule has 1 aliphatic rings. The number of nitrogens with zero attached hydrogens (tertiary/aromatic N) is 5. The van der Waals surface area contributed by atoms with Crippen LogP contribution in [0.2, 0.25) is 0 Å². The number of amides is 1. The number of rotatable bonds is 5. The Morgan fingerprint density at radius 3 is 2.84 bits per heavy atom. The number of aromatic hydroxyl groups is 1. The molecular formula is C20H21FN6O4. The van der Waals surface area contributed by atoms with Gasteiger partial charge in [0.05, 0.1) is 5.69 Å². The topological polar surface area (TPSA) is 124 Å². The van der Waals surface area contributed by atoms with E-state index in [2.05, 4.69) is 20.4 Å². The highest BCUT2D eigenvalue weighted by atomic mass is 19.1. The Morgan fingerprint density at radius 1 is 1.35 bits per heavy atom. The fourth-order valence-corrected chi connectivity index (χ4v) is 3.58. The lowest BCUT2D eigenvalue weighted by molar-refractivity contribution is 0.0824.